The number of ether oxygens (including phenoxy) is 2. The minimum Gasteiger partial charge on any atom is -0.496 e. The van der Waals surface area contributed by atoms with E-state index in [-0.39, 0.29) is 6.61 Å². The van der Waals surface area contributed by atoms with Gasteiger partial charge >= 0.3 is 0 Å². The van der Waals surface area contributed by atoms with Gasteiger partial charge in [0.2, 0.25) is 0 Å². The molecule has 1 heterocycles. The van der Waals surface area contributed by atoms with Gasteiger partial charge in [-0.3, -0.25) is 4.98 Å². The first-order valence-corrected chi connectivity index (χ1v) is 6.54. The van der Waals surface area contributed by atoms with E-state index in [4.69, 9.17) is 20.5 Å². The Morgan fingerprint density at radius 1 is 1.24 bits per heavy atom. The number of pyridine rings is 1. The molecule has 21 heavy (non-hydrogen) atoms. The number of methoxy groups -OCH3 is 1. The fourth-order valence-electron chi connectivity index (χ4n) is 1.99. The molecule has 2 N–H and O–H groups in total. The summed E-state index contributed by atoms with van der Waals surface area (Å²) in [5.41, 5.74) is 8.66. The molecule has 0 aliphatic heterocycles. The van der Waals surface area contributed by atoms with Crippen molar-refractivity contribution in [2.24, 2.45) is 5.73 Å². The molecule has 1 aromatic heterocycles. The maximum absolute atomic E-state index is 8.97. The molecular formula is C16H17N3O2. The molecule has 1 aromatic carbocycles. The van der Waals surface area contributed by atoms with Crippen LogP contribution in [0.1, 0.15) is 22.5 Å². The minimum absolute atomic E-state index is 0.288. The normalized spacial score (nSPS) is 10.0. The first-order chi connectivity index (χ1) is 10.2. The van der Waals surface area contributed by atoms with Crippen LogP contribution in [0, 0.1) is 18.3 Å². The highest BCUT2D eigenvalue weighted by Crippen LogP contribution is 2.23. The molecule has 2 rings (SSSR count). The van der Waals surface area contributed by atoms with E-state index in [9.17, 15) is 0 Å². The minimum atomic E-state index is 0.288. The standard InChI is InChI=1S/C16H17N3O2/c1-11-3-5-16(14(9-18)19-11)21-10-13-7-12(8-17)4-6-15(13)20-2/h3-7H,9-10,18H2,1-2H3. The van der Waals surface area contributed by atoms with Gasteiger partial charge in [0.1, 0.15) is 18.1 Å². The summed E-state index contributed by atoms with van der Waals surface area (Å²) in [5.74, 6) is 1.33. The van der Waals surface area contributed by atoms with Crippen molar-refractivity contribution in [2.75, 3.05) is 7.11 Å². The molecule has 0 spiro atoms. The van der Waals surface area contributed by atoms with Crippen LogP contribution in [0.5, 0.6) is 11.5 Å². The van der Waals surface area contributed by atoms with Gasteiger partial charge in [-0.1, -0.05) is 0 Å². The van der Waals surface area contributed by atoms with Crippen LogP contribution < -0.4 is 15.2 Å². The van der Waals surface area contributed by atoms with Crippen LogP contribution in [0.25, 0.3) is 0 Å². The average molecular weight is 283 g/mol. The van der Waals surface area contributed by atoms with E-state index in [1.807, 2.05) is 19.1 Å². The second-order valence-corrected chi connectivity index (χ2v) is 4.53. The molecule has 108 valence electrons. The van der Waals surface area contributed by atoms with E-state index < -0.39 is 0 Å². The fraction of sp³-hybridized carbons (Fsp3) is 0.250. The Kier molecular flexibility index (Phi) is 4.75. The summed E-state index contributed by atoms with van der Waals surface area (Å²) in [6, 6.07) is 11.0. The number of nitrogens with two attached hydrogens (primary N) is 1. The van der Waals surface area contributed by atoms with Gasteiger partial charge in [0.05, 0.1) is 24.4 Å². The summed E-state index contributed by atoms with van der Waals surface area (Å²) in [6.07, 6.45) is 0. The number of hydrogen-bond donors (Lipinski definition) is 1. The molecule has 0 saturated carbocycles. The van der Waals surface area contributed by atoms with Gasteiger partial charge in [0.15, 0.2) is 0 Å². The topological polar surface area (TPSA) is 81.2 Å². The van der Waals surface area contributed by atoms with Crippen LogP contribution in [-0.4, -0.2) is 12.1 Å². The Morgan fingerprint density at radius 3 is 2.67 bits per heavy atom. The van der Waals surface area contributed by atoms with Crippen molar-refractivity contribution in [1.82, 2.24) is 4.98 Å². The number of rotatable bonds is 5. The van der Waals surface area contributed by atoms with Crippen molar-refractivity contribution < 1.29 is 9.47 Å². The number of nitriles is 1. The van der Waals surface area contributed by atoms with Crippen molar-refractivity contribution in [3.8, 4) is 17.6 Å². The molecular weight excluding hydrogens is 266 g/mol. The predicted molar refractivity (Wildman–Crippen MR) is 78.9 cm³/mol. The van der Waals surface area contributed by atoms with Crippen LogP contribution in [0.3, 0.4) is 0 Å². The Morgan fingerprint density at radius 2 is 2.00 bits per heavy atom. The first kappa shape index (κ1) is 14.8. The molecule has 2 aromatic rings. The fourth-order valence-corrected chi connectivity index (χ4v) is 1.99. The van der Waals surface area contributed by atoms with Gasteiger partial charge in [-0.25, -0.2) is 0 Å². The zero-order chi connectivity index (χ0) is 15.2. The number of nitrogens with zero attached hydrogens (tertiary/aromatic N) is 2. The third-order valence-electron chi connectivity index (χ3n) is 3.06. The number of aromatic nitrogens is 1. The van der Waals surface area contributed by atoms with E-state index in [2.05, 4.69) is 11.1 Å². The van der Waals surface area contributed by atoms with E-state index in [0.29, 0.717) is 29.3 Å². The molecule has 0 aliphatic carbocycles. The van der Waals surface area contributed by atoms with Gasteiger partial charge in [-0.05, 0) is 37.3 Å². The third kappa shape index (κ3) is 3.50. The maximum atomic E-state index is 8.97. The van der Waals surface area contributed by atoms with Crippen molar-refractivity contribution in [2.45, 2.75) is 20.1 Å². The third-order valence-corrected chi connectivity index (χ3v) is 3.06. The molecule has 0 atom stereocenters. The highest BCUT2D eigenvalue weighted by molar-refractivity contribution is 5.42. The molecule has 0 saturated heterocycles. The smallest absolute Gasteiger partial charge is 0.142 e. The summed E-state index contributed by atoms with van der Waals surface area (Å²) < 4.78 is 11.1. The van der Waals surface area contributed by atoms with E-state index in [1.165, 1.54) is 0 Å². The molecule has 0 fully saturated rings. The lowest BCUT2D eigenvalue weighted by Gasteiger charge is -2.13. The second kappa shape index (κ2) is 6.73. The highest BCUT2D eigenvalue weighted by Gasteiger charge is 2.08. The van der Waals surface area contributed by atoms with Crippen LogP contribution in [0.15, 0.2) is 30.3 Å². The van der Waals surface area contributed by atoms with Gasteiger partial charge in [0, 0.05) is 17.8 Å². The molecule has 0 radical (unpaired) electrons. The van der Waals surface area contributed by atoms with Gasteiger partial charge in [-0.15, -0.1) is 0 Å². The average Bonchev–Trinajstić information content (AvgIpc) is 2.53. The van der Waals surface area contributed by atoms with Gasteiger partial charge in [-0.2, -0.15) is 5.26 Å². The van der Waals surface area contributed by atoms with Crippen LogP contribution in [0.2, 0.25) is 0 Å². The summed E-state index contributed by atoms with van der Waals surface area (Å²) >= 11 is 0. The second-order valence-electron chi connectivity index (χ2n) is 4.53. The first-order valence-electron chi connectivity index (χ1n) is 6.54. The number of aryl methyl sites for hydroxylation is 1. The molecule has 0 unspecified atom stereocenters. The van der Waals surface area contributed by atoms with Crippen molar-refractivity contribution in [3.63, 3.8) is 0 Å². The lowest BCUT2D eigenvalue weighted by Crippen LogP contribution is -2.06. The van der Waals surface area contributed by atoms with E-state index >= 15 is 0 Å². The quantitative estimate of drug-likeness (QED) is 0.910. The molecule has 0 amide bonds. The van der Waals surface area contributed by atoms with E-state index in [0.717, 1.165) is 11.3 Å². The summed E-state index contributed by atoms with van der Waals surface area (Å²) in [4.78, 5) is 4.35. The predicted octanol–water partition coefficient (Wildman–Crippen LogP) is 2.31. The monoisotopic (exact) mass is 283 g/mol. The Bertz CT molecular complexity index is 678. The molecule has 5 nitrogen and oxygen atoms in total. The van der Waals surface area contributed by atoms with E-state index in [1.54, 1.807) is 25.3 Å². The molecule has 0 bridgehead atoms. The van der Waals surface area contributed by atoms with Crippen molar-refractivity contribution in [1.29, 1.82) is 5.26 Å². The summed E-state index contributed by atoms with van der Waals surface area (Å²) in [7, 11) is 1.59. The largest absolute Gasteiger partial charge is 0.496 e. The maximum Gasteiger partial charge on any atom is 0.142 e. The number of hydrogen-bond acceptors (Lipinski definition) is 5. The Hall–Kier alpha value is -2.58. The Labute approximate surface area is 123 Å². The van der Waals surface area contributed by atoms with Crippen LogP contribution in [0.4, 0.5) is 0 Å². The molecule has 0 aliphatic rings. The van der Waals surface area contributed by atoms with Crippen LogP contribution in [-0.2, 0) is 13.2 Å². The van der Waals surface area contributed by atoms with Gasteiger partial charge < -0.3 is 15.2 Å². The van der Waals surface area contributed by atoms with Crippen molar-refractivity contribution in [3.05, 3.63) is 52.8 Å². The summed E-state index contributed by atoms with van der Waals surface area (Å²) in [6.45, 7) is 2.51. The lowest BCUT2D eigenvalue weighted by molar-refractivity contribution is 0.292. The van der Waals surface area contributed by atoms with Crippen molar-refractivity contribution >= 4 is 0 Å². The zero-order valence-corrected chi connectivity index (χ0v) is 12.1. The Balaban J connectivity index is 2.22. The highest BCUT2D eigenvalue weighted by atomic mass is 16.5. The van der Waals surface area contributed by atoms with Gasteiger partial charge in [0.25, 0.3) is 0 Å². The lowest BCUT2D eigenvalue weighted by atomic mass is 10.1. The zero-order valence-electron chi connectivity index (χ0n) is 12.1. The summed E-state index contributed by atoms with van der Waals surface area (Å²) in [5, 5.41) is 8.97. The van der Waals surface area contributed by atoms with Crippen LogP contribution >= 0.6 is 0 Å². The number of benzene rings is 1. The SMILES string of the molecule is COc1ccc(C#N)cc1COc1ccc(C)nc1CN. The molecule has 5 heteroatoms.